The van der Waals surface area contributed by atoms with Gasteiger partial charge in [0.15, 0.2) is 11.6 Å². The number of rotatable bonds is 5. The summed E-state index contributed by atoms with van der Waals surface area (Å²) >= 11 is 0. The fourth-order valence-corrected chi connectivity index (χ4v) is 1.69. The molecule has 0 bridgehead atoms. The Balaban J connectivity index is 2.42. The molecule has 0 unspecified atom stereocenters. The smallest absolute Gasteiger partial charge is 0.198 e. The van der Waals surface area contributed by atoms with Crippen LogP contribution in [-0.2, 0) is 11.3 Å². The van der Waals surface area contributed by atoms with Gasteiger partial charge in [-0.25, -0.2) is 9.97 Å². The predicted molar refractivity (Wildman–Crippen MR) is 69.3 cm³/mol. The lowest BCUT2D eigenvalue weighted by molar-refractivity contribution is 0.181. The fourth-order valence-electron chi connectivity index (χ4n) is 1.69. The van der Waals surface area contributed by atoms with Gasteiger partial charge in [-0.3, -0.25) is 0 Å². The van der Waals surface area contributed by atoms with Crippen molar-refractivity contribution in [2.75, 3.05) is 19.0 Å². The molecule has 0 saturated heterocycles. The maximum absolute atomic E-state index is 5.42. The zero-order valence-corrected chi connectivity index (χ0v) is 10.9. The molecule has 0 aliphatic rings. The zero-order chi connectivity index (χ0) is 13.0. The Bertz CT molecular complexity index is 498. The molecular formula is C13H17N3O2. The summed E-state index contributed by atoms with van der Waals surface area (Å²) in [5.41, 5.74) is 1.85. The van der Waals surface area contributed by atoms with Crippen LogP contribution in [0.5, 0.6) is 0 Å². The van der Waals surface area contributed by atoms with Crippen LogP contribution in [0.15, 0.2) is 22.8 Å². The molecule has 2 aromatic heterocycles. The van der Waals surface area contributed by atoms with Crippen LogP contribution in [0.2, 0.25) is 0 Å². The Morgan fingerprint density at radius 1 is 1.39 bits per heavy atom. The number of nitrogens with one attached hydrogen (secondary N) is 1. The van der Waals surface area contributed by atoms with E-state index in [1.807, 2.05) is 26.0 Å². The van der Waals surface area contributed by atoms with Crippen LogP contribution in [-0.4, -0.2) is 23.6 Å². The highest BCUT2D eigenvalue weighted by molar-refractivity contribution is 5.55. The van der Waals surface area contributed by atoms with Gasteiger partial charge < -0.3 is 14.5 Å². The summed E-state index contributed by atoms with van der Waals surface area (Å²) in [4.78, 5) is 8.88. The topological polar surface area (TPSA) is 60.2 Å². The standard InChI is InChI=1S/C13H17N3O2/c1-4-14-11-7-10(8-17-3)15-13(16-11)12-9(2)5-6-18-12/h5-7H,4,8H2,1-3H3,(H,14,15,16). The van der Waals surface area contributed by atoms with E-state index in [0.717, 1.165) is 23.6 Å². The highest BCUT2D eigenvalue weighted by atomic mass is 16.5. The number of furan rings is 1. The van der Waals surface area contributed by atoms with Crippen LogP contribution in [0, 0.1) is 6.92 Å². The minimum absolute atomic E-state index is 0.452. The Morgan fingerprint density at radius 2 is 2.22 bits per heavy atom. The molecule has 0 spiro atoms. The zero-order valence-electron chi connectivity index (χ0n) is 10.9. The lowest BCUT2D eigenvalue weighted by atomic mass is 10.2. The van der Waals surface area contributed by atoms with E-state index in [0.29, 0.717) is 18.2 Å². The van der Waals surface area contributed by atoms with Gasteiger partial charge in [-0.1, -0.05) is 0 Å². The maximum Gasteiger partial charge on any atom is 0.198 e. The van der Waals surface area contributed by atoms with Gasteiger partial charge in [-0.05, 0) is 25.5 Å². The van der Waals surface area contributed by atoms with E-state index >= 15 is 0 Å². The van der Waals surface area contributed by atoms with E-state index < -0.39 is 0 Å². The summed E-state index contributed by atoms with van der Waals surface area (Å²) in [6.07, 6.45) is 1.64. The van der Waals surface area contributed by atoms with Gasteiger partial charge in [0.05, 0.1) is 18.6 Å². The first kappa shape index (κ1) is 12.6. The van der Waals surface area contributed by atoms with E-state index in [-0.39, 0.29) is 0 Å². The van der Waals surface area contributed by atoms with E-state index in [4.69, 9.17) is 9.15 Å². The van der Waals surface area contributed by atoms with Crippen LogP contribution >= 0.6 is 0 Å². The average Bonchev–Trinajstić information content (AvgIpc) is 2.76. The van der Waals surface area contributed by atoms with Gasteiger partial charge in [0.2, 0.25) is 0 Å². The highest BCUT2D eigenvalue weighted by Crippen LogP contribution is 2.22. The lowest BCUT2D eigenvalue weighted by Gasteiger charge is -2.07. The first-order valence-corrected chi connectivity index (χ1v) is 5.89. The van der Waals surface area contributed by atoms with Gasteiger partial charge in [0.25, 0.3) is 0 Å². The number of anilines is 1. The molecule has 0 atom stereocenters. The van der Waals surface area contributed by atoms with Crippen molar-refractivity contribution >= 4 is 5.82 Å². The third-order valence-corrected chi connectivity index (χ3v) is 2.49. The van der Waals surface area contributed by atoms with Crippen molar-refractivity contribution in [1.29, 1.82) is 0 Å². The third-order valence-electron chi connectivity index (χ3n) is 2.49. The number of aryl methyl sites for hydroxylation is 1. The van der Waals surface area contributed by atoms with E-state index in [1.165, 1.54) is 0 Å². The minimum atomic E-state index is 0.452. The lowest BCUT2D eigenvalue weighted by Crippen LogP contribution is -2.04. The van der Waals surface area contributed by atoms with E-state index in [2.05, 4.69) is 15.3 Å². The second-order valence-electron chi connectivity index (χ2n) is 3.96. The molecule has 0 aliphatic heterocycles. The fraction of sp³-hybridized carbons (Fsp3) is 0.385. The first-order valence-electron chi connectivity index (χ1n) is 5.89. The number of ether oxygens (including phenoxy) is 1. The van der Waals surface area contributed by atoms with Crippen molar-refractivity contribution in [2.45, 2.75) is 20.5 Å². The predicted octanol–water partition coefficient (Wildman–Crippen LogP) is 2.62. The molecule has 0 fully saturated rings. The Hall–Kier alpha value is -1.88. The molecule has 5 heteroatoms. The Kier molecular flexibility index (Phi) is 3.94. The van der Waals surface area contributed by atoms with Crippen LogP contribution in [0.3, 0.4) is 0 Å². The van der Waals surface area contributed by atoms with Crippen LogP contribution in [0.4, 0.5) is 5.82 Å². The van der Waals surface area contributed by atoms with Crippen LogP contribution < -0.4 is 5.32 Å². The molecule has 5 nitrogen and oxygen atoms in total. The van der Waals surface area contributed by atoms with Gasteiger partial charge in [-0.15, -0.1) is 0 Å². The van der Waals surface area contributed by atoms with Gasteiger partial charge >= 0.3 is 0 Å². The number of aromatic nitrogens is 2. The number of nitrogens with zero attached hydrogens (tertiary/aromatic N) is 2. The van der Waals surface area contributed by atoms with E-state index in [9.17, 15) is 0 Å². The summed E-state index contributed by atoms with van der Waals surface area (Å²) in [6, 6.07) is 3.78. The van der Waals surface area contributed by atoms with Gasteiger partial charge in [0, 0.05) is 19.7 Å². The molecule has 0 aliphatic carbocycles. The van der Waals surface area contributed by atoms with Gasteiger partial charge in [0.1, 0.15) is 5.82 Å². The molecule has 18 heavy (non-hydrogen) atoms. The monoisotopic (exact) mass is 247 g/mol. The van der Waals surface area contributed by atoms with Crippen molar-refractivity contribution in [3.05, 3.63) is 29.7 Å². The molecular weight excluding hydrogens is 230 g/mol. The molecule has 0 aromatic carbocycles. The molecule has 0 amide bonds. The summed E-state index contributed by atoms with van der Waals surface area (Å²) in [7, 11) is 1.65. The van der Waals surface area contributed by atoms with Crippen molar-refractivity contribution in [3.63, 3.8) is 0 Å². The van der Waals surface area contributed by atoms with Crippen LogP contribution in [0.1, 0.15) is 18.2 Å². The van der Waals surface area contributed by atoms with Crippen LogP contribution in [0.25, 0.3) is 11.6 Å². The normalized spacial score (nSPS) is 10.6. The largest absolute Gasteiger partial charge is 0.461 e. The summed E-state index contributed by atoms with van der Waals surface area (Å²) in [5.74, 6) is 2.07. The van der Waals surface area contributed by atoms with Crippen molar-refractivity contribution < 1.29 is 9.15 Å². The van der Waals surface area contributed by atoms with Crippen molar-refractivity contribution in [3.8, 4) is 11.6 Å². The quantitative estimate of drug-likeness (QED) is 0.880. The number of methoxy groups -OCH3 is 1. The first-order chi connectivity index (χ1) is 8.74. The second-order valence-corrected chi connectivity index (χ2v) is 3.96. The van der Waals surface area contributed by atoms with Crippen molar-refractivity contribution in [1.82, 2.24) is 9.97 Å². The molecule has 2 heterocycles. The minimum Gasteiger partial charge on any atom is -0.461 e. The van der Waals surface area contributed by atoms with E-state index in [1.54, 1.807) is 13.4 Å². The molecule has 96 valence electrons. The van der Waals surface area contributed by atoms with Crippen molar-refractivity contribution in [2.24, 2.45) is 0 Å². The molecule has 1 N–H and O–H groups in total. The number of hydrogen-bond acceptors (Lipinski definition) is 5. The summed E-state index contributed by atoms with van der Waals surface area (Å²) in [6.45, 7) is 5.25. The summed E-state index contributed by atoms with van der Waals surface area (Å²) in [5, 5.41) is 3.18. The number of hydrogen-bond donors (Lipinski definition) is 1. The SMILES string of the molecule is CCNc1cc(COC)nc(-c2occc2C)n1. The Morgan fingerprint density at radius 3 is 2.83 bits per heavy atom. The molecule has 2 rings (SSSR count). The third kappa shape index (κ3) is 2.68. The molecule has 0 radical (unpaired) electrons. The average molecular weight is 247 g/mol. The highest BCUT2D eigenvalue weighted by Gasteiger charge is 2.11. The molecule has 2 aromatic rings. The maximum atomic E-state index is 5.42. The van der Waals surface area contributed by atoms with Gasteiger partial charge in [-0.2, -0.15) is 0 Å². The molecule has 0 saturated carbocycles. The second kappa shape index (κ2) is 5.64. The summed E-state index contributed by atoms with van der Waals surface area (Å²) < 4.78 is 10.5. The Labute approximate surface area is 106 Å².